The zero-order chi connectivity index (χ0) is 14.7. The number of hydrogen-bond donors (Lipinski definition) is 1. The summed E-state index contributed by atoms with van der Waals surface area (Å²) in [6.45, 7) is 0. The first-order chi connectivity index (χ1) is 10.2. The number of aromatic amines is 1. The molecule has 106 valence electrons. The number of aromatic nitrogens is 2. The Labute approximate surface area is 136 Å². The van der Waals surface area contributed by atoms with Gasteiger partial charge in [-0.05, 0) is 17.7 Å². The smallest absolute Gasteiger partial charge is 0.237 e. The van der Waals surface area contributed by atoms with Crippen molar-refractivity contribution >= 4 is 45.5 Å². The lowest BCUT2D eigenvalue weighted by molar-refractivity contribution is -0.354. The summed E-state index contributed by atoms with van der Waals surface area (Å²) in [4.78, 5) is 8.59. The number of rotatable bonds is 4. The van der Waals surface area contributed by atoms with E-state index in [4.69, 9.17) is 23.2 Å². The van der Waals surface area contributed by atoms with Crippen LogP contribution in [0.15, 0.2) is 48.8 Å². The number of nitrogens with one attached hydrogen (secondary N) is 2. The van der Waals surface area contributed by atoms with Crippen LogP contribution in [0.4, 0.5) is 10.9 Å². The first-order valence-corrected chi connectivity index (χ1v) is 7.91. The summed E-state index contributed by atoms with van der Waals surface area (Å²) in [5.41, 5.74) is 1.02. The maximum Gasteiger partial charge on any atom is 0.338 e. The number of H-pyrrole nitrogens is 1. The summed E-state index contributed by atoms with van der Waals surface area (Å²) in [5, 5.41) is 5.36. The molecule has 0 aliphatic heterocycles. The SMILES string of the molecule is Clc1cccc(Cc2c[nH+]c(Nc3ccccn3)s2)c1Cl. The lowest BCUT2D eigenvalue weighted by Crippen LogP contribution is -2.03. The van der Waals surface area contributed by atoms with Crippen LogP contribution in [-0.2, 0) is 6.42 Å². The average Bonchev–Trinajstić information content (AvgIpc) is 2.92. The Kier molecular flexibility index (Phi) is 4.39. The van der Waals surface area contributed by atoms with Gasteiger partial charge in [-0.15, -0.1) is 0 Å². The van der Waals surface area contributed by atoms with Gasteiger partial charge in [-0.1, -0.05) is 52.7 Å². The minimum absolute atomic E-state index is 0.585. The van der Waals surface area contributed by atoms with E-state index in [0.29, 0.717) is 10.0 Å². The fourth-order valence-corrected chi connectivity index (χ4v) is 3.18. The quantitative estimate of drug-likeness (QED) is 0.756. The zero-order valence-electron chi connectivity index (χ0n) is 10.9. The van der Waals surface area contributed by atoms with Crippen LogP contribution in [0.2, 0.25) is 10.0 Å². The van der Waals surface area contributed by atoms with Gasteiger partial charge in [0.2, 0.25) is 5.82 Å². The van der Waals surface area contributed by atoms with E-state index in [1.807, 2.05) is 36.5 Å². The van der Waals surface area contributed by atoms with Crippen LogP contribution in [0.3, 0.4) is 0 Å². The molecule has 2 aromatic heterocycles. The number of halogens is 2. The molecule has 2 heterocycles. The highest BCUT2D eigenvalue weighted by Gasteiger charge is 2.12. The van der Waals surface area contributed by atoms with Crippen molar-refractivity contribution in [1.29, 1.82) is 0 Å². The molecule has 0 saturated carbocycles. The van der Waals surface area contributed by atoms with Crippen molar-refractivity contribution < 1.29 is 4.98 Å². The molecule has 2 N–H and O–H groups in total. The monoisotopic (exact) mass is 336 g/mol. The summed E-state index contributed by atoms with van der Waals surface area (Å²) in [5.74, 6) is 0.808. The van der Waals surface area contributed by atoms with E-state index in [1.54, 1.807) is 23.6 Å². The van der Waals surface area contributed by atoms with Crippen LogP contribution in [-0.4, -0.2) is 4.98 Å². The Bertz CT molecular complexity index is 744. The van der Waals surface area contributed by atoms with E-state index >= 15 is 0 Å². The predicted molar refractivity (Wildman–Crippen MR) is 87.7 cm³/mol. The predicted octanol–water partition coefficient (Wildman–Crippen LogP) is 4.60. The molecule has 3 rings (SSSR count). The number of pyridine rings is 1. The molecular formula is C15H12Cl2N3S+. The molecule has 0 spiro atoms. The van der Waals surface area contributed by atoms with Crippen molar-refractivity contribution in [3.8, 4) is 0 Å². The van der Waals surface area contributed by atoms with E-state index in [-0.39, 0.29) is 0 Å². The molecule has 0 unspecified atom stereocenters. The highest BCUT2D eigenvalue weighted by atomic mass is 35.5. The van der Waals surface area contributed by atoms with E-state index in [9.17, 15) is 0 Å². The molecule has 3 nitrogen and oxygen atoms in total. The van der Waals surface area contributed by atoms with E-state index < -0.39 is 0 Å². The molecule has 6 heteroatoms. The number of hydrogen-bond acceptors (Lipinski definition) is 3. The van der Waals surface area contributed by atoms with Gasteiger partial charge in [0, 0.05) is 18.7 Å². The molecular weight excluding hydrogens is 325 g/mol. The van der Waals surface area contributed by atoms with Crippen molar-refractivity contribution in [2.24, 2.45) is 0 Å². The van der Waals surface area contributed by atoms with E-state index in [1.165, 1.54) is 0 Å². The second-order valence-corrected chi connectivity index (χ2v) is 6.34. The molecule has 0 saturated heterocycles. The second kappa shape index (κ2) is 6.43. The molecule has 0 atom stereocenters. The zero-order valence-corrected chi connectivity index (χ0v) is 13.3. The van der Waals surface area contributed by atoms with E-state index in [2.05, 4.69) is 15.3 Å². The average molecular weight is 337 g/mol. The van der Waals surface area contributed by atoms with Gasteiger partial charge in [-0.2, -0.15) is 0 Å². The normalized spacial score (nSPS) is 10.6. The van der Waals surface area contributed by atoms with Crippen molar-refractivity contribution in [1.82, 2.24) is 4.98 Å². The van der Waals surface area contributed by atoms with Gasteiger partial charge in [0.15, 0.2) is 0 Å². The Hall–Kier alpha value is -1.62. The Morgan fingerprint density at radius 2 is 2.05 bits per heavy atom. The second-order valence-electron chi connectivity index (χ2n) is 4.42. The summed E-state index contributed by atoms with van der Waals surface area (Å²) in [7, 11) is 0. The number of nitrogens with zero attached hydrogens (tertiary/aromatic N) is 1. The fourth-order valence-electron chi connectivity index (χ4n) is 1.91. The minimum Gasteiger partial charge on any atom is -0.237 e. The number of thiazole rings is 1. The topological polar surface area (TPSA) is 39.1 Å². The van der Waals surface area contributed by atoms with Crippen LogP contribution in [0.1, 0.15) is 10.4 Å². The van der Waals surface area contributed by atoms with Gasteiger partial charge >= 0.3 is 5.13 Å². The maximum absolute atomic E-state index is 6.22. The number of benzene rings is 1. The van der Waals surface area contributed by atoms with Crippen molar-refractivity contribution in [2.75, 3.05) is 5.32 Å². The molecule has 1 aromatic carbocycles. The van der Waals surface area contributed by atoms with Crippen LogP contribution < -0.4 is 10.3 Å². The third-order valence-corrected chi connectivity index (χ3v) is 4.71. The van der Waals surface area contributed by atoms with Crippen molar-refractivity contribution in [2.45, 2.75) is 6.42 Å². The highest BCUT2D eigenvalue weighted by molar-refractivity contribution is 7.15. The molecule has 0 fully saturated rings. The Morgan fingerprint density at radius 3 is 2.86 bits per heavy atom. The molecule has 0 aliphatic carbocycles. The van der Waals surface area contributed by atoms with Gasteiger partial charge in [0.05, 0.1) is 14.9 Å². The summed E-state index contributed by atoms with van der Waals surface area (Å²) in [6.07, 6.45) is 4.46. The first kappa shape index (κ1) is 14.3. The van der Waals surface area contributed by atoms with Gasteiger partial charge in [-0.3, -0.25) is 0 Å². The Morgan fingerprint density at radius 1 is 1.14 bits per heavy atom. The third-order valence-electron chi connectivity index (χ3n) is 2.90. The van der Waals surface area contributed by atoms with Crippen LogP contribution in [0.5, 0.6) is 0 Å². The van der Waals surface area contributed by atoms with Gasteiger partial charge < -0.3 is 0 Å². The number of anilines is 2. The van der Waals surface area contributed by atoms with Gasteiger partial charge in [0.25, 0.3) is 0 Å². The molecule has 3 aromatic rings. The van der Waals surface area contributed by atoms with Crippen LogP contribution >= 0.6 is 34.5 Å². The van der Waals surface area contributed by atoms with Crippen molar-refractivity contribution in [3.63, 3.8) is 0 Å². The van der Waals surface area contributed by atoms with Gasteiger partial charge in [0.1, 0.15) is 6.20 Å². The molecule has 0 radical (unpaired) electrons. The standard InChI is InChI=1S/C15H11Cl2N3S/c16-12-5-3-4-10(14(12)17)8-11-9-19-15(21-11)20-13-6-1-2-7-18-13/h1-7,9H,8H2,(H,18,19,20)/p+1. The molecule has 0 aliphatic rings. The van der Waals surface area contributed by atoms with Gasteiger partial charge in [-0.25, -0.2) is 15.3 Å². The minimum atomic E-state index is 0.585. The summed E-state index contributed by atoms with van der Waals surface area (Å²) in [6, 6.07) is 11.4. The fraction of sp³-hybridized carbons (Fsp3) is 0.0667. The van der Waals surface area contributed by atoms with Crippen LogP contribution in [0.25, 0.3) is 0 Å². The molecule has 21 heavy (non-hydrogen) atoms. The highest BCUT2D eigenvalue weighted by Crippen LogP contribution is 2.29. The lowest BCUT2D eigenvalue weighted by Gasteiger charge is -2.02. The van der Waals surface area contributed by atoms with Crippen molar-refractivity contribution in [3.05, 3.63) is 69.3 Å². The third kappa shape index (κ3) is 3.53. The Balaban J connectivity index is 1.75. The largest absolute Gasteiger partial charge is 0.338 e. The van der Waals surface area contributed by atoms with Crippen LogP contribution in [0, 0.1) is 0 Å². The summed E-state index contributed by atoms with van der Waals surface area (Å²) >= 11 is 13.9. The lowest BCUT2D eigenvalue weighted by atomic mass is 10.1. The molecule has 0 amide bonds. The molecule has 0 bridgehead atoms. The summed E-state index contributed by atoms with van der Waals surface area (Å²) < 4.78 is 0. The van der Waals surface area contributed by atoms with E-state index in [0.717, 1.165) is 27.8 Å². The maximum atomic E-state index is 6.22. The first-order valence-electron chi connectivity index (χ1n) is 6.34.